The van der Waals surface area contributed by atoms with Crippen molar-refractivity contribution in [1.82, 2.24) is 5.32 Å². The summed E-state index contributed by atoms with van der Waals surface area (Å²) in [5.74, 6) is 0.751. The van der Waals surface area contributed by atoms with E-state index in [9.17, 15) is 5.11 Å². The van der Waals surface area contributed by atoms with Crippen molar-refractivity contribution in [2.24, 2.45) is 0 Å². The van der Waals surface area contributed by atoms with Crippen molar-refractivity contribution in [3.8, 4) is 0 Å². The first-order chi connectivity index (χ1) is 8.75. The van der Waals surface area contributed by atoms with Crippen LogP contribution in [0.1, 0.15) is 50.5 Å². The fourth-order valence-corrected chi connectivity index (χ4v) is 2.85. The molecule has 1 aromatic carbocycles. The summed E-state index contributed by atoms with van der Waals surface area (Å²) in [6.07, 6.45) is 5.78. The SMILES string of the molecule is CC(O)CCNC1CCC(c2ccccc2)CC1. The van der Waals surface area contributed by atoms with Crippen molar-refractivity contribution < 1.29 is 5.11 Å². The third-order valence-electron chi connectivity index (χ3n) is 3.99. The second-order valence-corrected chi connectivity index (χ2v) is 5.55. The molecule has 0 aliphatic heterocycles. The van der Waals surface area contributed by atoms with Gasteiger partial charge in [0.1, 0.15) is 0 Å². The molecular formula is C16H25NO. The zero-order valence-electron chi connectivity index (χ0n) is 11.3. The van der Waals surface area contributed by atoms with E-state index >= 15 is 0 Å². The van der Waals surface area contributed by atoms with E-state index in [0.29, 0.717) is 6.04 Å². The van der Waals surface area contributed by atoms with Gasteiger partial charge in [-0.3, -0.25) is 0 Å². The number of hydrogen-bond donors (Lipinski definition) is 2. The summed E-state index contributed by atoms with van der Waals surface area (Å²) in [5, 5.41) is 12.8. The number of rotatable bonds is 5. The van der Waals surface area contributed by atoms with Gasteiger partial charge in [0.05, 0.1) is 6.10 Å². The Balaban J connectivity index is 1.71. The molecule has 0 heterocycles. The third-order valence-corrected chi connectivity index (χ3v) is 3.99. The molecule has 1 atom stereocenters. The van der Waals surface area contributed by atoms with Gasteiger partial charge in [0.15, 0.2) is 0 Å². The van der Waals surface area contributed by atoms with Gasteiger partial charge in [-0.05, 0) is 57.1 Å². The first kappa shape index (κ1) is 13.6. The Morgan fingerprint density at radius 1 is 1.17 bits per heavy atom. The molecule has 1 fully saturated rings. The van der Waals surface area contributed by atoms with Crippen LogP contribution in [0.4, 0.5) is 0 Å². The second-order valence-electron chi connectivity index (χ2n) is 5.55. The Morgan fingerprint density at radius 2 is 1.83 bits per heavy atom. The molecular weight excluding hydrogens is 222 g/mol. The summed E-state index contributed by atoms with van der Waals surface area (Å²) >= 11 is 0. The molecule has 0 saturated heterocycles. The lowest BCUT2D eigenvalue weighted by molar-refractivity contribution is 0.180. The minimum absolute atomic E-state index is 0.182. The van der Waals surface area contributed by atoms with E-state index in [-0.39, 0.29) is 6.10 Å². The minimum Gasteiger partial charge on any atom is -0.393 e. The number of hydrogen-bond acceptors (Lipinski definition) is 2. The van der Waals surface area contributed by atoms with E-state index in [0.717, 1.165) is 18.9 Å². The molecule has 1 aromatic rings. The van der Waals surface area contributed by atoms with Gasteiger partial charge in [0.25, 0.3) is 0 Å². The van der Waals surface area contributed by atoms with Crippen LogP contribution in [0, 0.1) is 0 Å². The molecule has 1 saturated carbocycles. The fraction of sp³-hybridized carbons (Fsp3) is 0.625. The zero-order valence-corrected chi connectivity index (χ0v) is 11.3. The molecule has 0 amide bonds. The predicted octanol–water partition coefficient (Wildman–Crippen LogP) is 3.07. The van der Waals surface area contributed by atoms with Crippen LogP contribution in [0.15, 0.2) is 30.3 Å². The van der Waals surface area contributed by atoms with Crippen molar-refractivity contribution in [1.29, 1.82) is 0 Å². The highest BCUT2D eigenvalue weighted by atomic mass is 16.3. The molecule has 18 heavy (non-hydrogen) atoms. The number of benzene rings is 1. The molecule has 2 heteroatoms. The Bertz CT molecular complexity index is 328. The van der Waals surface area contributed by atoms with Gasteiger partial charge in [-0.1, -0.05) is 30.3 Å². The van der Waals surface area contributed by atoms with Crippen LogP contribution in [0.5, 0.6) is 0 Å². The zero-order chi connectivity index (χ0) is 12.8. The maximum Gasteiger partial charge on any atom is 0.0524 e. The van der Waals surface area contributed by atoms with E-state index in [4.69, 9.17) is 0 Å². The van der Waals surface area contributed by atoms with Gasteiger partial charge >= 0.3 is 0 Å². The highest BCUT2D eigenvalue weighted by Crippen LogP contribution is 2.32. The van der Waals surface area contributed by atoms with Crippen LogP contribution >= 0.6 is 0 Å². The van der Waals surface area contributed by atoms with Crippen LogP contribution in [0.2, 0.25) is 0 Å². The van der Waals surface area contributed by atoms with Crippen molar-refractivity contribution in [2.45, 2.75) is 57.1 Å². The second kappa shape index (κ2) is 6.91. The van der Waals surface area contributed by atoms with E-state index in [2.05, 4.69) is 35.6 Å². The molecule has 0 radical (unpaired) electrons. The van der Waals surface area contributed by atoms with Crippen molar-refractivity contribution >= 4 is 0 Å². The molecule has 2 N–H and O–H groups in total. The lowest BCUT2D eigenvalue weighted by Crippen LogP contribution is -2.34. The van der Waals surface area contributed by atoms with Gasteiger partial charge in [0, 0.05) is 6.04 Å². The van der Waals surface area contributed by atoms with E-state index < -0.39 is 0 Å². The van der Waals surface area contributed by atoms with E-state index in [1.54, 1.807) is 0 Å². The molecule has 1 aliphatic rings. The Hall–Kier alpha value is -0.860. The molecule has 0 spiro atoms. The average Bonchev–Trinajstić information content (AvgIpc) is 2.40. The predicted molar refractivity (Wildman–Crippen MR) is 75.7 cm³/mol. The van der Waals surface area contributed by atoms with Crippen LogP contribution in [0.25, 0.3) is 0 Å². The summed E-state index contributed by atoms with van der Waals surface area (Å²) in [6.45, 7) is 2.80. The molecule has 100 valence electrons. The van der Waals surface area contributed by atoms with Crippen LogP contribution in [0.3, 0.4) is 0 Å². The number of aliphatic hydroxyl groups is 1. The standard InChI is InChI=1S/C16H25NO/c1-13(18)11-12-17-16-9-7-15(8-10-16)14-5-3-2-4-6-14/h2-6,13,15-18H,7-12H2,1H3. The van der Waals surface area contributed by atoms with Gasteiger partial charge < -0.3 is 10.4 Å². The smallest absolute Gasteiger partial charge is 0.0524 e. The van der Waals surface area contributed by atoms with Gasteiger partial charge in [-0.25, -0.2) is 0 Å². The minimum atomic E-state index is -0.182. The van der Waals surface area contributed by atoms with E-state index in [1.807, 2.05) is 6.92 Å². The topological polar surface area (TPSA) is 32.3 Å². The fourth-order valence-electron chi connectivity index (χ4n) is 2.85. The summed E-state index contributed by atoms with van der Waals surface area (Å²) in [7, 11) is 0. The summed E-state index contributed by atoms with van der Waals surface area (Å²) in [4.78, 5) is 0. The average molecular weight is 247 g/mol. The summed E-state index contributed by atoms with van der Waals surface area (Å²) in [5.41, 5.74) is 1.50. The van der Waals surface area contributed by atoms with Gasteiger partial charge in [0.2, 0.25) is 0 Å². The normalized spacial score (nSPS) is 25.9. The van der Waals surface area contributed by atoms with Crippen molar-refractivity contribution in [3.63, 3.8) is 0 Å². The summed E-state index contributed by atoms with van der Waals surface area (Å²) in [6, 6.07) is 11.5. The molecule has 2 rings (SSSR count). The van der Waals surface area contributed by atoms with Gasteiger partial charge in [-0.2, -0.15) is 0 Å². The Kier molecular flexibility index (Phi) is 5.21. The van der Waals surface area contributed by atoms with E-state index in [1.165, 1.54) is 31.2 Å². The lowest BCUT2D eigenvalue weighted by Gasteiger charge is -2.29. The molecule has 1 unspecified atom stereocenters. The van der Waals surface area contributed by atoms with Crippen LogP contribution in [-0.2, 0) is 0 Å². The monoisotopic (exact) mass is 247 g/mol. The maximum absolute atomic E-state index is 9.23. The molecule has 0 aromatic heterocycles. The lowest BCUT2D eigenvalue weighted by atomic mass is 9.82. The Morgan fingerprint density at radius 3 is 2.44 bits per heavy atom. The number of nitrogens with one attached hydrogen (secondary N) is 1. The van der Waals surface area contributed by atoms with Crippen molar-refractivity contribution in [3.05, 3.63) is 35.9 Å². The highest BCUT2D eigenvalue weighted by molar-refractivity contribution is 5.20. The highest BCUT2D eigenvalue weighted by Gasteiger charge is 2.21. The summed E-state index contributed by atoms with van der Waals surface area (Å²) < 4.78 is 0. The molecule has 2 nitrogen and oxygen atoms in total. The first-order valence-corrected chi connectivity index (χ1v) is 7.22. The largest absolute Gasteiger partial charge is 0.393 e. The quantitative estimate of drug-likeness (QED) is 0.838. The van der Waals surface area contributed by atoms with Crippen molar-refractivity contribution in [2.75, 3.05) is 6.54 Å². The first-order valence-electron chi connectivity index (χ1n) is 7.22. The third kappa shape index (κ3) is 4.11. The molecule has 0 bridgehead atoms. The Labute approximate surface area is 110 Å². The maximum atomic E-state index is 9.23. The van der Waals surface area contributed by atoms with Gasteiger partial charge in [-0.15, -0.1) is 0 Å². The van der Waals surface area contributed by atoms with Crippen LogP contribution < -0.4 is 5.32 Å². The number of aliphatic hydroxyl groups excluding tert-OH is 1. The van der Waals surface area contributed by atoms with Crippen LogP contribution in [-0.4, -0.2) is 23.8 Å². The molecule has 1 aliphatic carbocycles.